The highest BCUT2D eigenvalue weighted by molar-refractivity contribution is 5.36. The summed E-state index contributed by atoms with van der Waals surface area (Å²) in [6.07, 6.45) is 0.106. The van der Waals surface area contributed by atoms with E-state index in [9.17, 15) is 0 Å². The van der Waals surface area contributed by atoms with Gasteiger partial charge in [0.2, 0.25) is 5.88 Å². The fourth-order valence-electron chi connectivity index (χ4n) is 1.13. The molecule has 1 fully saturated rings. The van der Waals surface area contributed by atoms with Crippen molar-refractivity contribution in [2.45, 2.75) is 13.0 Å². The van der Waals surface area contributed by atoms with Crippen LogP contribution in [0.15, 0.2) is 6.07 Å². The quantitative estimate of drug-likeness (QED) is 0.516. The van der Waals surface area contributed by atoms with E-state index in [4.69, 9.17) is 15.3 Å². The fourth-order valence-corrected chi connectivity index (χ4v) is 1.13. The van der Waals surface area contributed by atoms with Crippen LogP contribution in [-0.4, -0.2) is 29.3 Å². The molecular weight excluding hydrogens is 184 g/mol. The van der Waals surface area contributed by atoms with Crippen LogP contribution in [0, 0.1) is 6.92 Å². The molecule has 2 heterocycles. The predicted octanol–water partition coefficient (Wildman–Crippen LogP) is -0.152. The van der Waals surface area contributed by atoms with E-state index in [1.54, 1.807) is 13.0 Å². The Hall–Kier alpha value is -1.40. The van der Waals surface area contributed by atoms with E-state index in [0.29, 0.717) is 30.7 Å². The number of anilines is 1. The summed E-state index contributed by atoms with van der Waals surface area (Å²) >= 11 is 0. The highest BCUT2D eigenvalue weighted by Crippen LogP contribution is 2.16. The van der Waals surface area contributed by atoms with Crippen molar-refractivity contribution in [3.63, 3.8) is 0 Å². The highest BCUT2D eigenvalue weighted by atomic mass is 16.6. The second-order valence-corrected chi connectivity index (χ2v) is 3.06. The highest BCUT2D eigenvalue weighted by Gasteiger charge is 2.20. The molecular formula is C8H12N4O2. The van der Waals surface area contributed by atoms with Gasteiger partial charge in [-0.15, -0.1) is 0 Å². The second kappa shape index (κ2) is 3.77. The van der Waals surface area contributed by atoms with Crippen LogP contribution in [0.5, 0.6) is 5.88 Å². The molecule has 0 spiro atoms. The molecule has 0 amide bonds. The molecule has 0 atom stereocenters. The molecule has 0 aromatic carbocycles. The van der Waals surface area contributed by atoms with E-state index >= 15 is 0 Å². The number of aryl methyl sites for hydroxylation is 1. The molecule has 1 saturated heterocycles. The third-order valence-electron chi connectivity index (χ3n) is 1.86. The number of hydrogen-bond donors (Lipinski definition) is 2. The molecule has 1 aromatic heterocycles. The molecule has 2 rings (SSSR count). The Morgan fingerprint density at radius 2 is 2.36 bits per heavy atom. The molecule has 0 bridgehead atoms. The molecule has 0 unspecified atom stereocenters. The number of hydrazine groups is 1. The fraction of sp³-hybridized carbons (Fsp3) is 0.500. The Kier molecular flexibility index (Phi) is 2.47. The predicted molar refractivity (Wildman–Crippen MR) is 49.8 cm³/mol. The summed E-state index contributed by atoms with van der Waals surface area (Å²) in [5.74, 6) is 6.94. The molecule has 0 radical (unpaired) electrons. The van der Waals surface area contributed by atoms with Crippen molar-refractivity contribution in [3.05, 3.63) is 11.9 Å². The van der Waals surface area contributed by atoms with E-state index in [1.807, 2.05) is 0 Å². The molecule has 0 aliphatic carbocycles. The van der Waals surface area contributed by atoms with Gasteiger partial charge in [-0.25, -0.2) is 10.8 Å². The van der Waals surface area contributed by atoms with Crippen LogP contribution < -0.4 is 16.0 Å². The van der Waals surface area contributed by atoms with Gasteiger partial charge in [-0.3, -0.25) is 0 Å². The minimum Gasteiger partial charge on any atom is -0.469 e. The summed E-state index contributed by atoms with van der Waals surface area (Å²) in [6.45, 7) is 3.02. The van der Waals surface area contributed by atoms with E-state index < -0.39 is 0 Å². The van der Waals surface area contributed by atoms with Gasteiger partial charge in [0.25, 0.3) is 0 Å². The van der Waals surface area contributed by atoms with E-state index in [0.717, 1.165) is 0 Å². The first-order chi connectivity index (χ1) is 6.78. The number of rotatable bonds is 3. The van der Waals surface area contributed by atoms with E-state index in [1.165, 1.54) is 0 Å². The average molecular weight is 196 g/mol. The Labute approximate surface area is 81.4 Å². The number of nitrogen functional groups attached to an aromatic ring is 1. The van der Waals surface area contributed by atoms with Crippen molar-refractivity contribution < 1.29 is 9.47 Å². The van der Waals surface area contributed by atoms with Crippen LogP contribution in [0.4, 0.5) is 5.82 Å². The van der Waals surface area contributed by atoms with Gasteiger partial charge >= 0.3 is 0 Å². The van der Waals surface area contributed by atoms with Crippen molar-refractivity contribution in [2.24, 2.45) is 5.84 Å². The zero-order valence-electron chi connectivity index (χ0n) is 7.86. The lowest BCUT2D eigenvalue weighted by molar-refractivity contribution is -0.0814. The lowest BCUT2D eigenvalue weighted by Crippen LogP contribution is -2.38. The minimum atomic E-state index is 0.106. The van der Waals surface area contributed by atoms with Gasteiger partial charge in [0.15, 0.2) is 0 Å². The minimum absolute atomic E-state index is 0.106. The van der Waals surface area contributed by atoms with E-state index in [2.05, 4.69) is 15.4 Å². The number of nitrogens with one attached hydrogen (secondary N) is 1. The van der Waals surface area contributed by atoms with Crippen molar-refractivity contribution >= 4 is 5.82 Å². The maximum absolute atomic E-state index is 5.50. The van der Waals surface area contributed by atoms with Gasteiger partial charge in [0.1, 0.15) is 17.7 Å². The molecule has 14 heavy (non-hydrogen) atoms. The molecule has 6 nitrogen and oxygen atoms in total. The van der Waals surface area contributed by atoms with Crippen molar-refractivity contribution in [3.8, 4) is 5.88 Å². The SMILES string of the molecule is Cc1nc(NN)cc(OC2COC2)n1. The summed E-state index contributed by atoms with van der Waals surface area (Å²) in [7, 11) is 0. The number of nitrogens with two attached hydrogens (primary N) is 1. The molecule has 3 N–H and O–H groups in total. The van der Waals surface area contributed by atoms with E-state index in [-0.39, 0.29) is 6.10 Å². The third kappa shape index (κ3) is 1.91. The topological polar surface area (TPSA) is 82.3 Å². The summed E-state index contributed by atoms with van der Waals surface area (Å²) < 4.78 is 10.5. The first-order valence-electron chi connectivity index (χ1n) is 4.34. The molecule has 1 aliphatic heterocycles. The first-order valence-corrected chi connectivity index (χ1v) is 4.34. The zero-order chi connectivity index (χ0) is 9.97. The number of nitrogens with zero attached hydrogens (tertiary/aromatic N) is 2. The normalized spacial score (nSPS) is 16.1. The number of hydrogen-bond acceptors (Lipinski definition) is 6. The Morgan fingerprint density at radius 3 is 2.93 bits per heavy atom. The summed E-state index contributed by atoms with van der Waals surface area (Å²) in [5, 5.41) is 0. The molecule has 6 heteroatoms. The van der Waals surface area contributed by atoms with Crippen LogP contribution in [0.1, 0.15) is 5.82 Å². The van der Waals surface area contributed by atoms with Gasteiger partial charge in [0.05, 0.1) is 13.2 Å². The Balaban J connectivity index is 2.11. The Bertz CT molecular complexity index is 327. The van der Waals surface area contributed by atoms with Gasteiger partial charge in [-0.2, -0.15) is 4.98 Å². The first kappa shape index (κ1) is 9.17. The number of aromatic nitrogens is 2. The van der Waals surface area contributed by atoms with Crippen LogP contribution in [0.2, 0.25) is 0 Å². The van der Waals surface area contributed by atoms with Crippen LogP contribution in [-0.2, 0) is 4.74 Å². The smallest absolute Gasteiger partial charge is 0.219 e. The third-order valence-corrected chi connectivity index (χ3v) is 1.86. The monoisotopic (exact) mass is 196 g/mol. The summed E-state index contributed by atoms with van der Waals surface area (Å²) in [5.41, 5.74) is 2.46. The molecule has 76 valence electrons. The number of ether oxygens (including phenoxy) is 2. The van der Waals surface area contributed by atoms with Crippen LogP contribution >= 0.6 is 0 Å². The second-order valence-electron chi connectivity index (χ2n) is 3.06. The van der Waals surface area contributed by atoms with Gasteiger partial charge in [0, 0.05) is 6.07 Å². The van der Waals surface area contributed by atoms with Gasteiger partial charge < -0.3 is 14.9 Å². The molecule has 0 saturated carbocycles. The average Bonchev–Trinajstić information content (AvgIpc) is 2.10. The van der Waals surface area contributed by atoms with Crippen molar-refractivity contribution in [2.75, 3.05) is 18.6 Å². The summed E-state index contributed by atoms with van der Waals surface area (Å²) in [4.78, 5) is 8.16. The van der Waals surface area contributed by atoms with Crippen molar-refractivity contribution in [1.29, 1.82) is 0 Å². The van der Waals surface area contributed by atoms with Gasteiger partial charge in [-0.1, -0.05) is 0 Å². The maximum Gasteiger partial charge on any atom is 0.219 e. The molecule has 1 aromatic rings. The van der Waals surface area contributed by atoms with Crippen molar-refractivity contribution in [1.82, 2.24) is 9.97 Å². The lowest BCUT2D eigenvalue weighted by Gasteiger charge is -2.26. The van der Waals surface area contributed by atoms with Crippen LogP contribution in [0.3, 0.4) is 0 Å². The molecule has 1 aliphatic rings. The maximum atomic E-state index is 5.50. The Morgan fingerprint density at radius 1 is 1.57 bits per heavy atom. The van der Waals surface area contributed by atoms with Gasteiger partial charge in [-0.05, 0) is 6.92 Å². The zero-order valence-corrected chi connectivity index (χ0v) is 7.86. The lowest BCUT2D eigenvalue weighted by atomic mass is 10.3. The largest absolute Gasteiger partial charge is 0.469 e. The van der Waals surface area contributed by atoms with Crippen LogP contribution in [0.25, 0.3) is 0 Å². The standard InChI is InChI=1S/C8H12N4O2/c1-5-10-7(12-9)2-8(11-5)14-6-3-13-4-6/h2,6H,3-4,9H2,1H3,(H,10,11,12). The summed E-state index contributed by atoms with van der Waals surface area (Å²) in [6, 6.07) is 1.66.